The molecule has 26 heavy (non-hydrogen) atoms. The van der Waals surface area contributed by atoms with Crippen molar-refractivity contribution in [2.24, 2.45) is 0 Å². The van der Waals surface area contributed by atoms with Crippen LogP contribution >= 0.6 is 0 Å². The number of likely N-dealkylation sites (tertiary alicyclic amines) is 1. The second-order valence-corrected chi connectivity index (χ2v) is 7.01. The number of benzene rings is 1. The zero-order valence-electron chi connectivity index (χ0n) is 16.2. The number of rotatable bonds is 7. The maximum Gasteiger partial charge on any atom is 0.337 e. The van der Waals surface area contributed by atoms with E-state index in [1.54, 1.807) is 12.1 Å². The van der Waals surface area contributed by atoms with Gasteiger partial charge in [-0.25, -0.2) is 4.79 Å². The van der Waals surface area contributed by atoms with Crippen molar-refractivity contribution in [3.63, 3.8) is 0 Å². The van der Waals surface area contributed by atoms with E-state index in [9.17, 15) is 9.59 Å². The molecule has 1 amide bonds. The topological polar surface area (TPSA) is 49.9 Å². The van der Waals surface area contributed by atoms with Gasteiger partial charge in [0.1, 0.15) is 0 Å². The monoisotopic (exact) mass is 358 g/mol. The van der Waals surface area contributed by atoms with Gasteiger partial charge in [-0.15, -0.1) is 0 Å². The molecule has 0 radical (unpaired) electrons. The SMILES string of the molecule is C=C(C)CN(CC)C1CCC(=O)N(Cc2ccc(C(=O)OC)cc2)CC1. The zero-order valence-corrected chi connectivity index (χ0v) is 16.2. The Morgan fingerprint density at radius 3 is 2.58 bits per heavy atom. The highest BCUT2D eigenvalue weighted by Crippen LogP contribution is 2.20. The van der Waals surface area contributed by atoms with Crippen molar-refractivity contribution in [2.75, 3.05) is 26.7 Å². The molecule has 5 heteroatoms. The molecule has 0 N–H and O–H groups in total. The van der Waals surface area contributed by atoms with Gasteiger partial charge in [-0.05, 0) is 44.0 Å². The van der Waals surface area contributed by atoms with Crippen LogP contribution in [0, 0.1) is 0 Å². The van der Waals surface area contributed by atoms with Gasteiger partial charge in [0.05, 0.1) is 12.7 Å². The van der Waals surface area contributed by atoms with E-state index < -0.39 is 0 Å². The zero-order chi connectivity index (χ0) is 19.1. The molecule has 1 heterocycles. The Morgan fingerprint density at radius 2 is 2.00 bits per heavy atom. The van der Waals surface area contributed by atoms with Crippen LogP contribution in [0.1, 0.15) is 49.0 Å². The van der Waals surface area contributed by atoms with E-state index in [2.05, 4.69) is 25.3 Å². The first kappa shape index (κ1) is 20.2. The van der Waals surface area contributed by atoms with Crippen molar-refractivity contribution in [1.82, 2.24) is 9.80 Å². The lowest BCUT2D eigenvalue weighted by Crippen LogP contribution is -2.37. The Bertz CT molecular complexity index is 639. The molecule has 142 valence electrons. The summed E-state index contributed by atoms with van der Waals surface area (Å²) in [7, 11) is 1.37. The molecule has 1 aliphatic rings. The fourth-order valence-corrected chi connectivity index (χ4v) is 3.48. The molecule has 0 bridgehead atoms. The Labute approximate surface area is 156 Å². The number of nitrogens with zero attached hydrogens (tertiary/aromatic N) is 2. The van der Waals surface area contributed by atoms with Gasteiger partial charge in [0.25, 0.3) is 0 Å². The second-order valence-electron chi connectivity index (χ2n) is 7.01. The molecule has 0 aliphatic carbocycles. The van der Waals surface area contributed by atoms with Crippen LogP contribution in [0.2, 0.25) is 0 Å². The lowest BCUT2D eigenvalue weighted by Gasteiger charge is -2.30. The molecule has 0 aromatic heterocycles. The molecule has 0 spiro atoms. The highest BCUT2D eigenvalue weighted by molar-refractivity contribution is 5.89. The predicted octanol–water partition coefficient (Wildman–Crippen LogP) is 3.25. The summed E-state index contributed by atoms with van der Waals surface area (Å²) in [6, 6.07) is 7.70. The number of ether oxygens (including phenoxy) is 1. The molecule has 0 saturated carbocycles. The largest absolute Gasteiger partial charge is 0.465 e. The van der Waals surface area contributed by atoms with E-state index in [0.29, 0.717) is 24.6 Å². The third kappa shape index (κ3) is 5.43. The summed E-state index contributed by atoms with van der Waals surface area (Å²) in [5, 5.41) is 0. The lowest BCUT2D eigenvalue weighted by atomic mass is 10.1. The van der Waals surface area contributed by atoms with E-state index in [1.165, 1.54) is 7.11 Å². The number of hydrogen-bond donors (Lipinski definition) is 0. The maximum absolute atomic E-state index is 12.5. The molecule has 5 nitrogen and oxygen atoms in total. The average Bonchev–Trinajstić information content (AvgIpc) is 2.82. The van der Waals surface area contributed by atoms with Crippen LogP contribution < -0.4 is 0 Å². The van der Waals surface area contributed by atoms with Crippen molar-refractivity contribution in [3.05, 3.63) is 47.5 Å². The molecular formula is C21H30N2O3. The number of amides is 1. The van der Waals surface area contributed by atoms with Crippen molar-refractivity contribution < 1.29 is 14.3 Å². The van der Waals surface area contributed by atoms with Gasteiger partial charge in [-0.1, -0.05) is 31.2 Å². The van der Waals surface area contributed by atoms with Gasteiger partial charge in [-0.3, -0.25) is 9.69 Å². The van der Waals surface area contributed by atoms with Gasteiger partial charge >= 0.3 is 5.97 Å². The molecular weight excluding hydrogens is 328 g/mol. The molecule has 2 rings (SSSR count). The Hall–Kier alpha value is -2.14. The van der Waals surface area contributed by atoms with Gasteiger partial charge in [0, 0.05) is 32.1 Å². The minimum Gasteiger partial charge on any atom is -0.465 e. The molecule has 1 unspecified atom stereocenters. The number of likely N-dealkylation sites (N-methyl/N-ethyl adjacent to an activating group) is 1. The van der Waals surface area contributed by atoms with Crippen LogP contribution in [0.5, 0.6) is 0 Å². The molecule has 1 fully saturated rings. The molecule has 1 aromatic carbocycles. The maximum atomic E-state index is 12.5. The normalized spacial score (nSPS) is 17.9. The molecule has 1 saturated heterocycles. The summed E-state index contributed by atoms with van der Waals surface area (Å²) in [5.41, 5.74) is 2.71. The highest BCUT2D eigenvalue weighted by Gasteiger charge is 2.25. The molecule has 1 atom stereocenters. The van der Waals surface area contributed by atoms with E-state index in [1.807, 2.05) is 17.0 Å². The quantitative estimate of drug-likeness (QED) is 0.555. The number of esters is 1. The second kappa shape index (κ2) is 9.53. The van der Waals surface area contributed by atoms with Crippen LogP contribution in [0.15, 0.2) is 36.4 Å². The van der Waals surface area contributed by atoms with Crippen molar-refractivity contribution >= 4 is 11.9 Å². The number of carbonyl (C=O) groups excluding carboxylic acids is 2. The van der Waals surface area contributed by atoms with E-state index in [-0.39, 0.29) is 11.9 Å². The summed E-state index contributed by atoms with van der Waals surface area (Å²) in [5.74, 6) is -0.140. The minimum absolute atomic E-state index is 0.205. The van der Waals surface area contributed by atoms with Gasteiger partial charge in [0.15, 0.2) is 0 Å². The van der Waals surface area contributed by atoms with Crippen LogP contribution in [0.4, 0.5) is 0 Å². The number of carbonyl (C=O) groups is 2. The van der Waals surface area contributed by atoms with E-state index >= 15 is 0 Å². The number of methoxy groups -OCH3 is 1. The fraction of sp³-hybridized carbons (Fsp3) is 0.524. The standard InChI is InChI=1S/C21H30N2O3/c1-5-22(14-16(2)3)19-10-11-20(24)23(13-12-19)15-17-6-8-18(9-7-17)21(25)26-4/h6-9,19H,2,5,10-15H2,1,3-4H3. The predicted molar refractivity (Wildman–Crippen MR) is 103 cm³/mol. The minimum atomic E-state index is -0.345. The summed E-state index contributed by atoms with van der Waals surface area (Å²) in [6.07, 6.45) is 2.46. The van der Waals surface area contributed by atoms with E-state index in [0.717, 1.165) is 43.6 Å². The van der Waals surface area contributed by atoms with Gasteiger partial charge < -0.3 is 9.64 Å². The molecule has 1 aromatic rings. The summed E-state index contributed by atoms with van der Waals surface area (Å²) >= 11 is 0. The van der Waals surface area contributed by atoms with Crippen LogP contribution in [0.3, 0.4) is 0 Å². The summed E-state index contributed by atoms with van der Waals surface area (Å²) < 4.78 is 4.72. The first-order valence-electron chi connectivity index (χ1n) is 9.28. The van der Waals surface area contributed by atoms with E-state index in [4.69, 9.17) is 4.74 Å². The van der Waals surface area contributed by atoms with Crippen molar-refractivity contribution in [3.8, 4) is 0 Å². The van der Waals surface area contributed by atoms with Crippen molar-refractivity contribution in [1.29, 1.82) is 0 Å². The lowest BCUT2D eigenvalue weighted by molar-refractivity contribution is -0.131. The first-order valence-corrected chi connectivity index (χ1v) is 9.28. The molecule has 1 aliphatic heterocycles. The first-order chi connectivity index (χ1) is 12.4. The fourth-order valence-electron chi connectivity index (χ4n) is 3.48. The third-order valence-electron chi connectivity index (χ3n) is 4.92. The van der Waals surface area contributed by atoms with Crippen molar-refractivity contribution in [2.45, 2.75) is 45.7 Å². The average molecular weight is 358 g/mol. The smallest absolute Gasteiger partial charge is 0.337 e. The summed E-state index contributed by atoms with van der Waals surface area (Å²) in [6.45, 7) is 11.4. The van der Waals surface area contributed by atoms with Gasteiger partial charge in [0.2, 0.25) is 5.91 Å². The Morgan fingerprint density at radius 1 is 1.31 bits per heavy atom. The Kier molecular flexibility index (Phi) is 7.39. The highest BCUT2D eigenvalue weighted by atomic mass is 16.5. The van der Waals surface area contributed by atoms with Crippen LogP contribution in [-0.2, 0) is 16.1 Å². The summed E-state index contributed by atoms with van der Waals surface area (Å²) in [4.78, 5) is 28.4. The Balaban J connectivity index is 1.99. The van der Waals surface area contributed by atoms with Crippen LogP contribution in [0.25, 0.3) is 0 Å². The number of hydrogen-bond acceptors (Lipinski definition) is 4. The van der Waals surface area contributed by atoms with Crippen LogP contribution in [-0.4, -0.2) is 54.5 Å². The van der Waals surface area contributed by atoms with Gasteiger partial charge in [-0.2, -0.15) is 0 Å². The third-order valence-corrected chi connectivity index (χ3v) is 4.92.